The summed E-state index contributed by atoms with van der Waals surface area (Å²) in [4.78, 5) is 24.2. The van der Waals surface area contributed by atoms with E-state index >= 15 is 0 Å². The van der Waals surface area contributed by atoms with Crippen molar-refractivity contribution in [3.05, 3.63) is 35.2 Å². The standard InChI is InChI=1S/C12H11NO3S/c1-13(7-11(14)15)12(16)10-6-8-4-2-3-5-9(8)17-10/h2-6H,7H2,1H3,(H,14,15). The van der Waals surface area contributed by atoms with Crippen LogP contribution < -0.4 is 0 Å². The fraction of sp³-hybridized carbons (Fsp3) is 0.167. The molecule has 0 bridgehead atoms. The van der Waals surface area contributed by atoms with Crippen LogP contribution in [0.1, 0.15) is 9.67 Å². The molecule has 5 heteroatoms. The van der Waals surface area contributed by atoms with Gasteiger partial charge in [-0.15, -0.1) is 11.3 Å². The minimum absolute atomic E-state index is 0.256. The molecule has 0 saturated heterocycles. The van der Waals surface area contributed by atoms with Crippen LogP contribution in [0, 0.1) is 0 Å². The van der Waals surface area contributed by atoms with Gasteiger partial charge in [-0.25, -0.2) is 0 Å². The van der Waals surface area contributed by atoms with E-state index in [1.54, 1.807) is 6.07 Å². The average molecular weight is 249 g/mol. The Morgan fingerprint density at radius 3 is 2.71 bits per heavy atom. The molecule has 0 fully saturated rings. The summed E-state index contributed by atoms with van der Waals surface area (Å²) >= 11 is 1.38. The van der Waals surface area contributed by atoms with Gasteiger partial charge in [-0.3, -0.25) is 9.59 Å². The van der Waals surface area contributed by atoms with Gasteiger partial charge in [-0.2, -0.15) is 0 Å². The normalized spacial score (nSPS) is 10.4. The second-order valence-corrected chi connectivity index (χ2v) is 4.79. The third-order valence-corrected chi connectivity index (χ3v) is 3.46. The van der Waals surface area contributed by atoms with Crippen LogP contribution in [0.4, 0.5) is 0 Å². The fourth-order valence-electron chi connectivity index (χ4n) is 1.55. The molecule has 2 rings (SSSR count). The van der Waals surface area contributed by atoms with Gasteiger partial charge in [-0.1, -0.05) is 18.2 Å². The van der Waals surface area contributed by atoms with Gasteiger partial charge < -0.3 is 10.0 Å². The molecule has 1 aromatic carbocycles. The highest BCUT2D eigenvalue weighted by molar-refractivity contribution is 7.20. The Balaban J connectivity index is 2.27. The monoisotopic (exact) mass is 249 g/mol. The molecule has 88 valence electrons. The minimum Gasteiger partial charge on any atom is -0.480 e. The van der Waals surface area contributed by atoms with Gasteiger partial charge in [0.05, 0.1) is 4.88 Å². The first kappa shape index (κ1) is 11.6. The molecule has 0 saturated carbocycles. The Bertz CT molecular complexity index is 543. The van der Waals surface area contributed by atoms with Crippen LogP contribution in [0.2, 0.25) is 0 Å². The first-order valence-corrected chi connectivity index (χ1v) is 5.85. The highest BCUT2D eigenvalue weighted by atomic mass is 32.1. The lowest BCUT2D eigenvalue weighted by Gasteiger charge is -2.12. The highest BCUT2D eigenvalue weighted by Crippen LogP contribution is 2.25. The number of fused-ring (bicyclic) bond motifs is 1. The molecular formula is C12H11NO3S. The first-order valence-electron chi connectivity index (χ1n) is 5.04. The van der Waals surface area contributed by atoms with Gasteiger partial charge in [0.1, 0.15) is 6.54 Å². The van der Waals surface area contributed by atoms with Crippen molar-refractivity contribution in [3.63, 3.8) is 0 Å². The van der Waals surface area contributed by atoms with Gasteiger partial charge in [0.25, 0.3) is 5.91 Å². The number of carboxylic acid groups (broad SMARTS) is 1. The van der Waals surface area contributed by atoms with Crippen molar-refractivity contribution < 1.29 is 14.7 Å². The number of benzene rings is 1. The molecule has 0 aliphatic rings. The zero-order chi connectivity index (χ0) is 12.4. The molecular weight excluding hydrogens is 238 g/mol. The van der Waals surface area contributed by atoms with E-state index in [1.165, 1.54) is 23.3 Å². The lowest BCUT2D eigenvalue weighted by Crippen LogP contribution is -2.31. The van der Waals surface area contributed by atoms with Crippen LogP contribution in [0.15, 0.2) is 30.3 Å². The quantitative estimate of drug-likeness (QED) is 0.905. The molecule has 2 aromatic rings. The maximum absolute atomic E-state index is 11.9. The van der Waals surface area contributed by atoms with Crippen LogP contribution in [0.3, 0.4) is 0 Å². The Hall–Kier alpha value is -1.88. The number of amides is 1. The van der Waals surface area contributed by atoms with Gasteiger partial charge in [0, 0.05) is 11.7 Å². The maximum atomic E-state index is 11.9. The van der Waals surface area contributed by atoms with Crippen LogP contribution >= 0.6 is 11.3 Å². The summed E-state index contributed by atoms with van der Waals surface area (Å²) in [5.41, 5.74) is 0. The maximum Gasteiger partial charge on any atom is 0.323 e. The van der Waals surface area contributed by atoms with Gasteiger partial charge in [0.2, 0.25) is 0 Å². The van der Waals surface area contributed by atoms with E-state index in [0.717, 1.165) is 10.1 Å². The summed E-state index contributed by atoms with van der Waals surface area (Å²) < 4.78 is 1.03. The molecule has 1 aromatic heterocycles. The van der Waals surface area contributed by atoms with E-state index in [0.29, 0.717) is 4.88 Å². The summed E-state index contributed by atoms with van der Waals surface area (Å²) in [5, 5.41) is 9.63. The van der Waals surface area contributed by atoms with E-state index in [1.807, 2.05) is 24.3 Å². The number of likely N-dealkylation sites (N-methyl/N-ethyl adjacent to an activating group) is 1. The zero-order valence-electron chi connectivity index (χ0n) is 9.21. The number of thiophene rings is 1. The van der Waals surface area contributed by atoms with Crippen molar-refractivity contribution in [2.24, 2.45) is 0 Å². The van der Waals surface area contributed by atoms with Crippen LogP contribution in [-0.4, -0.2) is 35.5 Å². The topological polar surface area (TPSA) is 57.6 Å². The molecule has 0 aliphatic heterocycles. The molecule has 0 atom stereocenters. The molecule has 1 amide bonds. The molecule has 0 unspecified atom stereocenters. The van der Waals surface area contributed by atoms with Gasteiger partial charge >= 0.3 is 5.97 Å². The van der Waals surface area contributed by atoms with Crippen molar-refractivity contribution in [2.75, 3.05) is 13.6 Å². The number of nitrogens with zero attached hydrogens (tertiary/aromatic N) is 1. The van der Waals surface area contributed by atoms with E-state index in [-0.39, 0.29) is 12.5 Å². The lowest BCUT2D eigenvalue weighted by molar-refractivity contribution is -0.137. The van der Waals surface area contributed by atoms with Crippen molar-refractivity contribution in [1.29, 1.82) is 0 Å². The lowest BCUT2D eigenvalue weighted by atomic mass is 10.2. The number of hydrogen-bond acceptors (Lipinski definition) is 3. The number of carboxylic acids is 1. The Morgan fingerprint density at radius 1 is 1.35 bits per heavy atom. The summed E-state index contributed by atoms with van der Waals surface area (Å²) in [5.74, 6) is -1.27. The molecule has 4 nitrogen and oxygen atoms in total. The van der Waals surface area contributed by atoms with Crippen LogP contribution in [0.5, 0.6) is 0 Å². The van der Waals surface area contributed by atoms with Crippen molar-refractivity contribution in [1.82, 2.24) is 4.90 Å². The van der Waals surface area contributed by atoms with Crippen molar-refractivity contribution in [3.8, 4) is 0 Å². The van der Waals surface area contributed by atoms with E-state index in [4.69, 9.17) is 5.11 Å². The third kappa shape index (κ3) is 2.45. The van der Waals surface area contributed by atoms with E-state index < -0.39 is 5.97 Å². The number of aliphatic carboxylic acids is 1. The largest absolute Gasteiger partial charge is 0.480 e. The summed E-state index contributed by atoms with van der Waals surface area (Å²) in [7, 11) is 1.49. The van der Waals surface area contributed by atoms with E-state index in [9.17, 15) is 9.59 Å². The number of carbonyl (C=O) groups is 2. The Labute approximate surface area is 102 Å². The Morgan fingerprint density at radius 2 is 2.06 bits per heavy atom. The Kier molecular flexibility index (Phi) is 3.10. The minimum atomic E-state index is -1.01. The number of carbonyl (C=O) groups excluding carboxylic acids is 1. The zero-order valence-corrected chi connectivity index (χ0v) is 10.0. The molecule has 1 heterocycles. The summed E-state index contributed by atoms with van der Waals surface area (Å²) in [6.45, 7) is -0.285. The summed E-state index contributed by atoms with van der Waals surface area (Å²) in [6.07, 6.45) is 0. The predicted molar refractivity (Wildman–Crippen MR) is 66.4 cm³/mol. The molecule has 0 radical (unpaired) electrons. The van der Waals surface area contributed by atoms with Crippen molar-refractivity contribution >= 4 is 33.3 Å². The SMILES string of the molecule is CN(CC(=O)O)C(=O)c1cc2ccccc2s1. The molecule has 1 N–H and O–H groups in total. The van der Waals surface area contributed by atoms with Crippen LogP contribution in [-0.2, 0) is 4.79 Å². The van der Waals surface area contributed by atoms with Gasteiger partial charge in [0.15, 0.2) is 0 Å². The third-order valence-electron chi connectivity index (χ3n) is 2.36. The summed E-state index contributed by atoms with van der Waals surface area (Å²) in [6, 6.07) is 9.48. The molecule has 0 spiro atoms. The smallest absolute Gasteiger partial charge is 0.323 e. The molecule has 17 heavy (non-hydrogen) atoms. The number of hydrogen-bond donors (Lipinski definition) is 1. The van der Waals surface area contributed by atoms with Crippen LogP contribution in [0.25, 0.3) is 10.1 Å². The first-order chi connectivity index (χ1) is 8.08. The number of rotatable bonds is 3. The molecule has 0 aliphatic carbocycles. The fourth-order valence-corrected chi connectivity index (χ4v) is 2.61. The predicted octanol–water partition coefficient (Wildman–Crippen LogP) is 2.06. The average Bonchev–Trinajstić information content (AvgIpc) is 2.70. The second-order valence-electron chi connectivity index (χ2n) is 3.70. The highest BCUT2D eigenvalue weighted by Gasteiger charge is 2.16. The van der Waals surface area contributed by atoms with Gasteiger partial charge in [-0.05, 0) is 17.5 Å². The van der Waals surface area contributed by atoms with E-state index in [2.05, 4.69) is 0 Å². The second kappa shape index (κ2) is 4.55. The van der Waals surface area contributed by atoms with Crippen molar-refractivity contribution in [2.45, 2.75) is 0 Å².